The summed E-state index contributed by atoms with van der Waals surface area (Å²) in [7, 11) is 0. The van der Waals surface area contributed by atoms with Crippen LogP contribution in [0.1, 0.15) is 31.2 Å². The Labute approximate surface area is 138 Å². The van der Waals surface area contributed by atoms with Gasteiger partial charge < -0.3 is 4.74 Å². The fourth-order valence-electron chi connectivity index (χ4n) is 2.81. The van der Waals surface area contributed by atoms with Crippen molar-refractivity contribution in [3.05, 3.63) is 46.5 Å². The van der Waals surface area contributed by atoms with Gasteiger partial charge in [-0.25, -0.2) is 9.37 Å². The molecule has 4 nitrogen and oxygen atoms in total. The molecule has 2 aromatic rings. The van der Waals surface area contributed by atoms with Crippen molar-refractivity contribution in [3.8, 4) is 0 Å². The van der Waals surface area contributed by atoms with E-state index in [1.54, 1.807) is 22.3 Å². The van der Waals surface area contributed by atoms with Crippen LogP contribution in [0, 0.1) is 5.82 Å². The lowest BCUT2D eigenvalue weighted by atomic mass is 9.99. The zero-order valence-electron chi connectivity index (χ0n) is 12.9. The van der Waals surface area contributed by atoms with E-state index in [0.717, 1.165) is 24.6 Å². The van der Waals surface area contributed by atoms with Crippen molar-refractivity contribution in [1.82, 2.24) is 4.98 Å². The van der Waals surface area contributed by atoms with E-state index in [-0.39, 0.29) is 17.9 Å². The summed E-state index contributed by atoms with van der Waals surface area (Å²) in [6, 6.07) is 4.92. The van der Waals surface area contributed by atoms with Gasteiger partial charge in [0.1, 0.15) is 11.6 Å². The Kier molecular flexibility index (Phi) is 5.03. The molecule has 1 aliphatic rings. The number of thiophene rings is 1. The standard InChI is InChI=1S/C17H19FN2O2S/c1-12(13-6-9-23-11-13)17(21)20(15-4-7-22-8-5-15)16-3-2-14(18)10-19-16/h2-3,6,9-12,15H,4-5,7-8H2,1H3. The fraction of sp³-hybridized carbons (Fsp3) is 0.412. The van der Waals surface area contributed by atoms with E-state index in [0.29, 0.717) is 19.0 Å². The average molecular weight is 334 g/mol. The quantitative estimate of drug-likeness (QED) is 0.858. The number of amides is 1. The first-order valence-corrected chi connectivity index (χ1v) is 8.65. The molecular weight excluding hydrogens is 315 g/mol. The first-order valence-electron chi connectivity index (χ1n) is 7.71. The molecule has 0 aromatic carbocycles. The van der Waals surface area contributed by atoms with E-state index in [1.807, 2.05) is 23.8 Å². The van der Waals surface area contributed by atoms with E-state index in [4.69, 9.17) is 4.74 Å². The van der Waals surface area contributed by atoms with Gasteiger partial charge >= 0.3 is 0 Å². The molecule has 122 valence electrons. The molecule has 3 rings (SSSR count). The van der Waals surface area contributed by atoms with Crippen LogP contribution >= 0.6 is 11.3 Å². The maximum absolute atomic E-state index is 13.2. The molecule has 1 fully saturated rings. The van der Waals surface area contributed by atoms with Crippen LogP contribution in [0.15, 0.2) is 35.2 Å². The molecule has 1 amide bonds. The number of anilines is 1. The number of rotatable bonds is 4. The summed E-state index contributed by atoms with van der Waals surface area (Å²) in [5.74, 6) is -0.158. The third-order valence-corrected chi connectivity index (χ3v) is 4.87. The molecule has 1 unspecified atom stereocenters. The van der Waals surface area contributed by atoms with Crippen LogP contribution in [0.2, 0.25) is 0 Å². The normalized spacial score (nSPS) is 17.0. The van der Waals surface area contributed by atoms with Gasteiger partial charge in [0.05, 0.1) is 12.1 Å². The SMILES string of the molecule is CC(C(=O)N(c1ccc(F)cn1)C1CCOCC1)c1ccsc1. The second-order valence-corrected chi connectivity index (χ2v) is 6.44. The summed E-state index contributed by atoms with van der Waals surface area (Å²) >= 11 is 1.57. The summed E-state index contributed by atoms with van der Waals surface area (Å²) in [5.41, 5.74) is 0.999. The fourth-order valence-corrected chi connectivity index (χ4v) is 3.56. The van der Waals surface area contributed by atoms with Gasteiger partial charge in [0.25, 0.3) is 0 Å². The maximum atomic E-state index is 13.2. The smallest absolute Gasteiger partial charge is 0.235 e. The van der Waals surface area contributed by atoms with Crippen LogP contribution in [-0.2, 0) is 9.53 Å². The summed E-state index contributed by atoms with van der Waals surface area (Å²) in [4.78, 5) is 18.9. The van der Waals surface area contributed by atoms with Gasteiger partial charge in [0, 0.05) is 19.3 Å². The van der Waals surface area contributed by atoms with Gasteiger partial charge in [-0.1, -0.05) is 0 Å². The Morgan fingerprint density at radius 1 is 1.39 bits per heavy atom. The lowest BCUT2D eigenvalue weighted by molar-refractivity contribution is -0.120. The third kappa shape index (κ3) is 3.59. The number of hydrogen-bond donors (Lipinski definition) is 0. The van der Waals surface area contributed by atoms with Crippen LogP contribution < -0.4 is 4.90 Å². The number of nitrogens with zero attached hydrogens (tertiary/aromatic N) is 2. The Morgan fingerprint density at radius 3 is 2.78 bits per heavy atom. The van der Waals surface area contributed by atoms with Crippen LogP contribution in [0.25, 0.3) is 0 Å². The van der Waals surface area contributed by atoms with Gasteiger partial charge in [0.2, 0.25) is 5.91 Å². The van der Waals surface area contributed by atoms with Crippen molar-refractivity contribution in [2.75, 3.05) is 18.1 Å². The molecule has 1 aliphatic heterocycles. The molecule has 3 heterocycles. The second-order valence-electron chi connectivity index (χ2n) is 5.66. The molecule has 1 saturated heterocycles. The molecule has 23 heavy (non-hydrogen) atoms. The van der Waals surface area contributed by atoms with E-state index in [9.17, 15) is 9.18 Å². The third-order valence-electron chi connectivity index (χ3n) is 4.17. The Hall–Kier alpha value is -1.79. The highest BCUT2D eigenvalue weighted by molar-refractivity contribution is 7.08. The van der Waals surface area contributed by atoms with Gasteiger partial charge in [-0.3, -0.25) is 9.69 Å². The van der Waals surface area contributed by atoms with Crippen molar-refractivity contribution < 1.29 is 13.9 Å². The predicted octanol–water partition coefficient (Wildman–Crippen LogP) is 3.60. The second kappa shape index (κ2) is 7.19. The predicted molar refractivity (Wildman–Crippen MR) is 88.3 cm³/mol. The lowest BCUT2D eigenvalue weighted by Gasteiger charge is -2.35. The monoisotopic (exact) mass is 334 g/mol. The minimum Gasteiger partial charge on any atom is -0.381 e. The summed E-state index contributed by atoms with van der Waals surface area (Å²) in [5, 5.41) is 3.96. The molecule has 2 aromatic heterocycles. The van der Waals surface area contributed by atoms with Gasteiger partial charge in [0.15, 0.2) is 0 Å². The van der Waals surface area contributed by atoms with Crippen molar-refractivity contribution in [2.24, 2.45) is 0 Å². The molecular formula is C17H19FN2O2S. The van der Waals surface area contributed by atoms with Crippen molar-refractivity contribution in [3.63, 3.8) is 0 Å². The maximum Gasteiger partial charge on any atom is 0.235 e. The average Bonchev–Trinajstić information content (AvgIpc) is 3.11. The molecule has 1 atom stereocenters. The largest absolute Gasteiger partial charge is 0.381 e. The summed E-state index contributed by atoms with van der Waals surface area (Å²) < 4.78 is 18.6. The first kappa shape index (κ1) is 16.1. The molecule has 0 radical (unpaired) electrons. The van der Waals surface area contributed by atoms with Gasteiger partial charge in [-0.15, -0.1) is 0 Å². The Balaban J connectivity index is 1.90. The lowest BCUT2D eigenvalue weighted by Crippen LogP contribution is -2.45. The molecule has 0 bridgehead atoms. The first-order chi connectivity index (χ1) is 11.2. The minimum absolute atomic E-state index is 0.00518. The summed E-state index contributed by atoms with van der Waals surface area (Å²) in [6.07, 6.45) is 2.69. The Bertz CT molecular complexity index is 639. The van der Waals surface area contributed by atoms with Crippen molar-refractivity contribution >= 4 is 23.1 Å². The Morgan fingerprint density at radius 2 is 2.17 bits per heavy atom. The molecule has 0 N–H and O–H groups in total. The number of carbonyl (C=O) groups is 1. The summed E-state index contributed by atoms with van der Waals surface area (Å²) in [6.45, 7) is 3.16. The van der Waals surface area contributed by atoms with Crippen LogP contribution in [-0.4, -0.2) is 30.1 Å². The number of aromatic nitrogens is 1. The molecule has 0 saturated carbocycles. The topological polar surface area (TPSA) is 42.4 Å². The van der Waals surface area contributed by atoms with Crippen LogP contribution in [0.3, 0.4) is 0 Å². The molecule has 6 heteroatoms. The van der Waals surface area contributed by atoms with Gasteiger partial charge in [-0.2, -0.15) is 11.3 Å². The highest BCUT2D eigenvalue weighted by atomic mass is 32.1. The number of halogens is 1. The minimum atomic E-state index is -0.404. The van der Waals surface area contributed by atoms with Crippen molar-refractivity contribution in [2.45, 2.75) is 31.7 Å². The molecule has 0 aliphatic carbocycles. The highest BCUT2D eigenvalue weighted by Gasteiger charge is 2.31. The number of ether oxygens (including phenoxy) is 1. The number of hydrogen-bond acceptors (Lipinski definition) is 4. The zero-order chi connectivity index (χ0) is 16.2. The zero-order valence-corrected chi connectivity index (χ0v) is 13.8. The van der Waals surface area contributed by atoms with Gasteiger partial charge in [-0.05, 0) is 54.3 Å². The molecule has 0 spiro atoms. The van der Waals surface area contributed by atoms with E-state index >= 15 is 0 Å². The van der Waals surface area contributed by atoms with E-state index in [1.165, 1.54) is 6.07 Å². The van der Waals surface area contributed by atoms with Crippen molar-refractivity contribution in [1.29, 1.82) is 0 Å². The van der Waals surface area contributed by atoms with E-state index < -0.39 is 5.82 Å². The number of carbonyl (C=O) groups excluding carboxylic acids is 1. The highest BCUT2D eigenvalue weighted by Crippen LogP contribution is 2.28. The van der Waals surface area contributed by atoms with E-state index in [2.05, 4.69) is 4.98 Å². The van der Waals surface area contributed by atoms with Crippen LogP contribution in [0.4, 0.5) is 10.2 Å². The van der Waals surface area contributed by atoms with Crippen LogP contribution in [0.5, 0.6) is 0 Å². The number of pyridine rings is 1.